The number of rotatable bonds is 7. The third-order valence-electron chi connectivity index (χ3n) is 5.00. The van der Waals surface area contributed by atoms with E-state index in [-0.39, 0.29) is 10.8 Å². The Balaban J connectivity index is 1.38. The Morgan fingerprint density at radius 1 is 1.13 bits per heavy atom. The highest BCUT2D eigenvalue weighted by Crippen LogP contribution is 2.26. The maximum absolute atomic E-state index is 11.3. The Hall–Kier alpha value is -3.16. The molecule has 0 unspecified atom stereocenters. The standard InChI is InChI=1S/C23H22N2O4S/c1-14-18(24-22(29-14)17-5-3-2-4-6-17)11-12-19(26)16-9-7-15(8-10-16)13-20-21(27)25-23(28)30-20/h2-10,19,26-27H,11-13H2,1H3,(H,25,28)/t19-/m0/s1. The number of aliphatic hydroxyl groups is 1. The van der Waals surface area contributed by atoms with Crippen LogP contribution in [-0.4, -0.2) is 20.2 Å². The third kappa shape index (κ3) is 4.53. The number of aliphatic hydroxyl groups excluding tert-OH is 1. The van der Waals surface area contributed by atoms with Crippen molar-refractivity contribution in [1.82, 2.24) is 9.97 Å². The van der Waals surface area contributed by atoms with Crippen LogP contribution in [0.3, 0.4) is 0 Å². The van der Waals surface area contributed by atoms with Gasteiger partial charge in [0.15, 0.2) is 0 Å². The molecule has 0 amide bonds. The molecule has 0 fully saturated rings. The van der Waals surface area contributed by atoms with Crippen molar-refractivity contribution in [2.45, 2.75) is 32.3 Å². The molecule has 154 valence electrons. The molecule has 4 rings (SSSR count). The lowest BCUT2D eigenvalue weighted by Gasteiger charge is -2.11. The number of H-pyrrole nitrogens is 1. The summed E-state index contributed by atoms with van der Waals surface area (Å²) < 4.78 is 5.79. The number of thiazole rings is 1. The minimum absolute atomic E-state index is 0.0769. The number of benzene rings is 2. The van der Waals surface area contributed by atoms with Crippen LogP contribution in [0.5, 0.6) is 5.88 Å². The SMILES string of the molecule is Cc1oc(-c2ccccc2)nc1CC[C@H](O)c1ccc(Cc2sc(=O)[nH]c2O)cc1. The molecule has 3 N–H and O–H groups in total. The van der Waals surface area contributed by atoms with Crippen molar-refractivity contribution in [3.05, 3.63) is 91.7 Å². The maximum Gasteiger partial charge on any atom is 0.307 e. The first-order valence-corrected chi connectivity index (χ1v) is 10.5. The zero-order valence-corrected chi connectivity index (χ0v) is 17.3. The fourth-order valence-corrected chi connectivity index (χ4v) is 4.08. The van der Waals surface area contributed by atoms with Crippen LogP contribution in [0.4, 0.5) is 0 Å². The molecule has 0 aliphatic heterocycles. The summed E-state index contributed by atoms with van der Waals surface area (Å²) >= 11 is 1.00. The summed E-state index contributed by atoms with van der Waals surface area (Å²) in [5.41, 5.74) is 3.55. The van der Waals surface area contributed by atoms with Gasteiger partial charge in [0.2, 0.25) is 11.8 Å². The number of nitrogens with zero attached hydrogens (tertiary/aromatic N) is 1. The van der Waals surface area contributed by atoms with Crippen molar-refractivity contribution in [1.29, 1.82) is 0 Å². The van der Waals surface area contributed by atoms with E-state index >= 15 is 0 Å². The van der Waals surface area contributed by atoms with Crippen molar-refractivity contribution < 1.29 is 14.6 Å². The first kappa shape index (κ1) is 20.1. The Labute approximate surface area is 177 Å². The molecule has 4 aromatic rings. The van der Waals surface area contributed by atoms with Gasteiger partial charge in [-0.2, -0.15) is 0 Å². The van der Waals surface area contributed by atoms with Gasteiger partial charge < -0.3 is 14.6 Å². The van der Waals surface area contributed by atoms with Crippen LogP contribution in [0.1, 0.15) is 40.0 Å². The molecule has 0 bridgehead atoms. The number of aromatic hydroxyl groups is 1. The number of oxazole rings is 1. The summed E-state index contributed by atoms with van der Waals surface area (Å²) in [6.07, 6.45) is 0.982. The zero-order chi connectivity index (χ0) is 21.1. The lowest BCUT2D eigenvalue weighted by molar-refractivity contribution is 0.167. The third-order valence-corrected chi connectivity index (χ3v) is 5.87. The highest BCUT2D eigenvalue weighted by molar-refractivity contribution is 7.09. The van der Waals surface area contributed by atoms with Gasteiger partial charge in [-0.25, -0.2) is 4.98 Å². The van der Waals surface area contributed by atoms with Crippen LogP contribution in [0.15, 0.2) is 63.8 Å². The first-order chi connectivity index (χ1) is 14.5. The lowest BCUT2D eigenvalue weighted by Crippen LogP contribution is -2.01. The largest absolute Gasteiger partial charge is 0.494 e. The predicted molar refractivity (Wildman–Crippen MR) is 116 cm³/mol. The van der Waals surface area contributed by atoms with Crippen LogP contribution in [0.2, 0.25) is 0 Å². The number of nitrogens with one attached hydrogen (secondary N) is 1. The molecule has 6 nitrogen and oxygen atoms in total. The Morgan fingerprint density at radius 2 is 1.87 bits per heavy atom. The smallest absolute Gasteiger partial charge is 0.307 e. The van der Waals surface area contributed by atoms with Gasteiger partial charge in [-0.1, -0.05) is 53.8 Å². The van der Waals surface area contributed by atoms with Crippen LogP contribution >= 0.6 is 11.3 Å². The minimum atomic E-state index is -0.618. The van der Waals surface area contributed by atoms with Gasteiger partial charge in [-0.3, -0.25) is 9.78 Å². The molecule has 0 spiro atoms. The van der Waals surface area contributed by atoms with Gasteiger partial charge >= 0.3 is 4.87 Å². The summed E-state index contributed by atoms with van der Waals surface area (Å²) in [5.74, 6) is 1.28. The van der Waals surface area contributed by atoms with Gasteiger partial charge in [0.1, 0.15) is 5.76 Å². The van der Waals surface area contributed by atoms with E-state index in [9.17, 15) is 15.0 Å². The fourth-order valence-electron chi connectivity index (χ4n) is 3.32. The molecule has 0 saturated heterocycles. The van der Waals surface area contributed by atoms with E-state index in [1.54, 1.807) is 0 Å². The number of hydrogen-bond donors (Lipinski definition) is 3. The molecule has 7 heteroatoms. The molecule has 2 aromatic carbocycles. The summed E-state index contributed by atoms with van der Waals surface area (Å²) in [4.78, 5) is 18.6. The van der Waals surface area contributed by atoms with Gasteiger partial charge in [-0.05, 0) is 43.0 Å². The summed E-state index contributed by atoms with van der Waals surface area (Å²) in [6, 6.07) is 17.3. The number of aryl methyl sites for hydroxylation is 2. The minimum Gasteiger partial charge on any atom is -0.494 e. The van der Waals surface area contributed by atoms with Crippen molar-refractivity contribution in [2.24, 2.45) is 0 Å². The molecule has 1 atom stereocenters. The highest BCUT2D eigenvalue weighted by atomic mass is 32.1. The van der Waals surface area contributed by atoms with E-state index in [2.05, 4.69) is 9.97 Å². The van der Waals surface area contributed by atoms with Gasteiger partial charge in [0.05, 0.1) is 16.7 Å². The highest BCUT2D eigenvalue weighted by Gasteiger charge is 2.15. The molecule has 0 saturated carbocycles. The van der Waals surface area contributed by atoms with Crippen LogP contribution in [0, 0.1) is 6.92 Å². The first-order valence-electron chi connectivity index (χ1n) is 9.69. The summed E-state index contributed by atoms with van der Waals surface area (Å²) in [5, 5.41) is 20.3. The quantitative estimate of drug-likeness (QED) is 0.411. The molecule has 0 radical (unpaired) electrons. The number of hydrogen-bond acceptors (Lipinski definition) is 6. The second-order valence-corrected chi connectivity index (χ2v) is 8.21. The fraction of sp³-hybridized carbons (Fsp3) is 0.217. The van der Waals surface area contributed by atoms with Crippen LogP contribution in [0.25, 0.3) is 11.5 Å². The van der Waals surface area contributed by atoms with E-state index in [0.29, 0.717) is 30.0 Å². The van der Waals surface area contributed by atoms with Crippen molar-refractivity contribution >= 4 is 11.3 Å². The van der Waals surface area contributed by atoms with Crippen LogP contribution < -0.4 is 4.87 Å². The predicted octanol–water partition coefficient (Wildman–Crippen LogP) is 4.36. The molecule has 2 aromatic heterocycles. The van der Waals surface area contributed by atoms with Gasteiger partial charge in [0.25, 0.3) is 0 Å². The van der Waals surface area contributed by atoms with Crippen LogP contribution in [-0.2, 0) is 12.8 Å². The Morgan fingerprint density at radius 3 is 2.53 bits per heavy atom. The maximum atomic E-state index is 11.3. The van der Waals surface area contributed by atoms with Crippen molar-refractivity contribution in [3.8, 4) is 17.3 Å². The molecular formula is C23H22N2O4S. The van der Waals surface area contributed by atoms with Gasteiger partial charge in [-0.15, -0.1) is 0 Å². The monoisotopic (exact) mass is 422 g/mol. The molecule has 0 aliphatic rings. The summed E-state index contributed by atoms with van der Waals surface area (Å²) in [7, 11) is 0. The van der Waals surface area contributed by atoms with E-state index in [0.717, 1.165) is 39.5 Å². The Bertz CT molecular complexity index is 1180. The molecular weight excluding hydrogens is 400 g/mol. The van der Waals surface area contributed by atoms with E-state index in [1.165, 1.54) is 0 Å². The molecule has 2 heterocycles. The Kier molecular flexibility index (Phi) is 5.83. The molecule has 0 aliphatic carbocycles. The van der Waals surface area contributed by atoms with E-state index < -0.39 is 6.10 Å². The zero-order valence-electron chi connectivity index (χ0n) is 16.5. The number of aromatic nitrogens is 2. The molecule has 30 heavy (non-hydrogen) atoms. The average molecular weight is 423 g/mol. The second-order valence-electron chi connectivity index (χ2n) is 7.15. The average Bonchev–Trinajstić information content (AvgIpc) is 3.28. The number of aromatic amines is 1. The topological polar surface area (TPSA) is 99.4 Å². The summed E-state index contributed by atoms with van der Waals surface area (Å²) in [6.45, 7) is 1.89. The second kappa shape index (κ2) is 8.69. The van der Waals surface area contributed by atoms with Crippen molar-refractivity contribution in [2.75, 3.05) is 0 Å². The van der Waals surface area contributed by atoms with Gasteiger partial charge in [0, 0.05) is 12.0 Å². The van der Waals surface area contributed by atoms with E-state index in [1.807, 2.05) is 61.5 Å². The van der Waals surface area contributed by atoms with Crippen molar-refractivity contribution in [3.63, 3.8) is 0 Å². The normalized spacial score (nSPS) is 12.2. The lowest BCUT2D eigenvalue weighted by atomic mass is 10.0. The van der Waals surface area contributed by atoms with E-state index in [4.69, 9.17) is 4.42 Å².